The lowest BCUT2D eigenvalue weighted by Crippen LogP contribution is -2.30. The van der Waals surface area contributed by atoms with Crippen LogP contribution in [0.3, 0.4) is 0 Å². The van der Waals surface area contributed by atoms with Crippen LogP contribution in [0.5, 0.6) is 0 Å². The fourth-order valence-electron chi connectivity index (χ4n) is 1.89. The van der Waals surface area contributed by atoms with E-state index in [0.717, 1.165) is 17.0 Å². The maximum absolute atomic E-state index is 12.7. The number of likely N-dealkylation sites (tertiary alicyclic amines) is 1. The second kappa shape index (κ2) is 4.44. The maximum atomic E-state index is 12.7. The predicted molar refractivity (Wildman–Crippen MR) is 57.0 cm³/mol. The minimum atomic E-state index is -4.57. The van der Waals surface area contributed by atoms with Crippen LogP contribution in [-0.2, 0) is 11.0 Å². The first-order chi connectivity index (χ1) is 8.39. The summed E-state index contributed by atoms with van der Waals surface area (Å²) in [5.74, 6) is -0.874. The van der Waals surface area contributed by atoms with Crippen molar-refractivity contribution in [2.75, 3.05) is 13.1 Å². The molecule has 18 heavy (non-hydrogen) atoms. The van der Waals surface area contributed by atoms with Gasteiger partial charge in [-0.3, -0.25) is 9.59 Å². The van der Waals surface area contributed by atoms with E-state index in [1.165, 1.54) is 12.1 Å². The Morgan fingerprint density at radius 3 is 2.44 bits per heavy atom. The van der Waals surface area contributed by atoms with E-state index in [1.807, 2.05) is 0 Å². The predicted octanol–water partition coefficient (Wildman–Crippen LogP) is 2.12. The third-order valence-electron chi connectivity index (χ3n) is 2.78. The average Bonchev–Trinajstić information content (AvgIpc) is 2.74. The number of alkyl halides is 3. The van der Waals surface area contributed by atoms with Crippen molar-refractivity contribution in [1.29, 1.82) is 0 Å². The van der Waals surface area contributed by atoms with Crippen LogP contribution in [0, 0.1) is 0 Å². The molecule has 3 nitrogen and oxygen atoms in total. The molecule has 1 aromatic rings. The molecule has 1 aromatic carbocycles. The Morgan fingerprint density at radius 2 is 1.89 bits per heavy atom. The van der Waals surface area contributed by atoms with Gasteiger partial charge in [-0.05, 0) is 12.1 Å². The van der Waals surface area contributed by atoms with Crippen LogP contribution in [0.4, 0.5) is 13.2 Å². The van der Waals surface area contributed by atoms with Crippen molar-refractivity contribution < 1.29 is 22.8 Å². The van der Waals surface area contributed by atoms with Gasteiger partial charge in [0.1, 0.15) is 0 Å². The molecule has 6 heteroatoms. The highest BCUT2D eigenvalue weighted by molar-refractivity contribution is 5.99. The van der Waals surface area contributed by atoms with Crippen molar-refractivity contribution in [3.05, 3.63) is 35.4 Å². The summed E-state index contributed by atoms with van der Waals surface area (Å²) in [6.07, 6.45) is -4.37. The van der Waals surface area contributed by atoms with E-state index >= 15 is 0 Å². The zero-order valence-corrected chi connectivity index (χ0v) is 9.33. The molecule has 2 rings (SSSR count). The fraction of sp³-hybridized carbons (Fsp3) is 0.333. The topological polar surface area (TPSA) is 37.4 Å². The van der Waals surface area contributed by atoms with E-state index in [9.17, 15) is 22.8 Å². The Labute approximate surface area is 101 Å². The first-order valence-corrected chi connectivity index (χ1v) is 5.37. The molecule has 0 bridgehead atoms. The first kappa shape index (κ1) is 12.6. The Balaban J connectivity index is 2.34. The van der Waals surface area contributed by atoms with Gasteiger partial charge in [-0.1, -0.05) is 12.1 Å². The van der Waals surface area contributed by atoms with Crippen molar-refractivity contribution in [1.82, 2.24) is 4.90 Å². The minimum absolute atomic E-state index is 0.106. The van der Waals surface area contributed by atoms with Gasteiger partial charge in [-0.25, -0.2) is 0 Å². The summed E-state index contributed by atoms with van der Waals surface area (Å²) in [4.78, 5) is 24.1. The number of nitrogens with zero attached hydrogens (tertiary/aromatic N) is 1. The van der Waals surface area contributed by atoms with Gasteiger partial charge in [0.25, 0.3) is 5.91 Å². The van der Waals surface area contributed by atoms with Gasteiger partial charge >= 0.3 is 6.18 Å². The van der Waals surface area contributed by atoms with Gasteiger partial charge < -0.3 is 4.90 Å². The zero-order valence-electron chi connectivity index (χ0n) is 9.33. The molecule has 1 saturated heterocycles. The van der Waals surface area contributed by atoms with Gasteiger partial charge in [0.2, 0.25) is 0 Å². The van der Waals surface area contributed by atoms with E-state index in [-0.39, 0.29) is 25.3 Å². The number of Topliss-reactive ketones (excluding diaryl/α,β-unsaturated/α-hetero) is 1. The van der Waals surface area contributed by atoms with Crippen LogP contribution < -0.4 is 0 Å². The van der Waals surface area contributed by atoms with E-state index in [1.54, 1.807) is 0 Å². The lowest BCUT2D eigenvalue weighted by molar-refractivity contribution is -0.138. The maximum Gasteiger partial charge on any atom is 0.417 e. The summed E-state index contributed by atoms with van der Waals surface area (Å²) in [6.45, 7) is 0.0783. The molecule has 0 unspecified atom stereocenters. The van der Waals surface area contributed by atoms with E-state index < -0.39 is 23.2 Å². The first-order valence-electron chi connectivity index (χ1n) is 5.37. The van der Waals surface area contributed by atoms with Crippen LogP contribution in [0.1, 0.15) is 22.3 Å². The highest BCUT2D eigenvalue weighted by atomic mass is 19.4. The number of rotatable bonds is 1. The van der Waals surface area contributed by atoms with Crippen LogP contribution >= 0.6 is 0 Å². The van der Waals surface area contributed by atoms with Gasteiger partial charge in [-0.2, -0.15) is 13.2 Å². The van der Waals surface area contributed by atoms with Crippen LogP contribution in [0.25, 0.3) is 0 Å². The largest absolute Gasteiger partial charge is 0.417 e. The number of benzene rings is 1. The third kappa shape index (κ3) is 2.37. The van der Waals surface area contributed by atoms with E-state index in [0.29, 0.717) is 0 Å². The molecular weight excluding hydrogens is 247 g/mol. The highest BCUT2D eigenvalue weighted by Gasteiger charge is 2.36. The lowest BCUT2D eigenvalue weighted by Gasteiger charge is -2.17. The summed E-state index contributed by atoms with van der Waals surface area (Å²) in [5, 5.41) is 0. The molecule has 0 saturated carbocycles. The third-order valence-corrected chi connectivity index (χ3v) is 2.78. The minimum Gasteiger partial charge on any atom is -0.331 e. The van der Waals surface area contributed by atoms with Crippen molar-refractivity contribution in [3.63, 3.8) is 0 Å². The second-order valence-corrected chi connectivity index (χ2v) is 4.06. The fourth-order valence-corrected chi connectivity index (χ4v) is 1.89. The Kier molecular flexibility index (Phi) is 3.11. The molecule has 1 fully saturated rings. The molecule has 96 valence electrons. The quantitative estimate of drug-likeness (QED) is 0.772. The van der Waals surface area contributed by atoms with Gasteiger partial charge in [0.05, 0.1) is 17.7 Å². The Morgan fingerprint density at radius 1 is 1.22 bits per heavy atom. The van der Waals surface area contributed by atoms with Gasteiger partial charge in [-0.15, -0.1) is 0 Å². The SMILES string of the molecule is O=C1CCN(C(=O)c2ccccc2C(F)(F)F)C1. The molecule has 0 aliphatic carbocycles. The summed E-state index contributed by atoms with van der Waals surface area (Å²) in [6, 6.07) is 4.61. The summed E-state index contributed by atoms with van der Waals surface area (Å²) in [7, 11) is 0. The molecular formula is C12H10F3NO2. The molecule has 1 heterocycles. The smallest absolute Gasteiger partial charge is 0.331 e. The van der Waals surface area contributed by atoms with Crippen molar-refractivity contribution in [2.24, 2.45) is 0 Å². The summed E-state index contributed by atoms with van der Waals surface area (Å²) in [5.41, 5.74) is -1.37. The molecule has 0 atom stereocenters. The Hall–Kier alpha value is -1.85. The van der Waals surface area contributed by atoms with Crippen LogP contribution in [0.15, 0.2) is 24.3 Å². The van der Waals surface area contributed by atoms with Crippen molar-refractivity contribution in [2.45, 2.75) is 12.6 Å². The van der Waals surface area contributed by atoms with Crippen molar-refractivity contribution >= 4 is 11.7 Å². The number of halogens is 3. The number of carbonyl (C=O) groups is 2. The van der Waals surface area contributed by atoms with Gasteiger partial charge in [0, 0.05) is 13.0 Å². The van der Waals surface area contributed by atoms with Gasteiger partial charge in [0.15, 0.2) is 5.78 Å². The normalized spacial score (nSPS) is 16.2. The molecule has 0 spiro atoms. The number of hydrogen-bond donors (Lipinski definition) is 0. The molecule has 0 radical (unpaired) electrons. The molecule has 1 aliphatic heterocycles. The molecule has 0 aromatic heterocycles. The monoisotopic (exact) mass is 257 g/mol. The number of carbonyl (C=O) groups excluding carboxylic acids is 2. The number of ketones is 1. The molecule has 1 aliphatic rings. The standard InChI is InChI=1S/C12H10F3NO2/c13-12(14,15)10-4-2-1-3-9(10)11(18)16-6-5-8(17)7-16/h1-4H,5-7H2. The lowest BCUT2D eigenvalue weighted by atomic mass is 10.1. The number of amides is 1. The van der Waals surface area contributed by atoms with E-state index in [4.69, 9.17) is 0 Å². The van der Waals surface area contributed by atoms with Crippen LogP contribution in [0.2, 0.25) is 0 Å². The summed E-state index contributed by atoms with van der Waals surface area (Å²) >= 11 is 0. The van der Waals surface area contributed by atoms with Crippen molar-refractivity contribution in [3.8, 4) is 0 Å². The zero-order chi connectivity index (χ0) is 13.3. The molecule has 1 amide bonds. The Bertz CT molecular complexity index is 496. The number of hydrogen-bond acceptors (Lipinski definition) is 2. The highest BCUT2D eigenvalue weighted by Crippen LogP contribution is 2.32. The van der Waals surface area contributed by atoms with E-state index in [2.05, 4.69) is 0 Å². The molecule has 0 N–H and O–H groups in total. The van der Waals surface area contributed by atoms with Crippen LogP contribution in [-0.4, -0.2) is 29.7 Å². The second-order valence-electron chi connectivity index (χ2n) is 4.06. The average molecular weight is 257 g/mol. The summed E-state index contributed by atoms with van der Waals surface area (Å²) < 4.78 is 38.2.